The molecular weight excluding hydrogens is 535 g/mol. The number of ketones is 1. The van der Waals surface area contributed by atoms with E-state index in [4.69, 9.17) is 16.3 Å². The quantitative estimate of drug-likeness (QED) is 0.297. The van der Waals surface area contributed by atoms with Crippen LogP contribution in [0.2, 0.25) is 5.02 Å². The number of hydrogen-bond acceptors (Lipinski definition) is 6. The number of amides is 2. The monoisotopic (exact) mass is 566 g/mol. The number of benzene rings is 2. The highest BCUT2D eigenvalue weighted by atomic mass is 35.5. The van der Waals surface area contributed by atoms with Crippen molar-refractivity contribution >= 4 is 46.9 Å². The van der Waals surface area contributed by atoms with Crippen molar-refractivity contribution in [1.29, 1.82) is 0 Å². The van der Waals surface area contributed by atoms with E-state index in [0.717, 1.165) is 11.8 Å². The van der Waals surface area contributed by atoms with E-state index in [1.165, 1.54) is 18.2 Å². The summed E-state index contributed by atoms with van der Waals surface area (Å²) < 4.78 is 19.5. The summed E-state index contributed by atoms with van der Waals surface area (Å²) in [5.41, 5.74) is 0.889. The predicted octanol–water partition coefficient (Wildman–Crippen LogP) is 4.02. The molecular formula is C27H32ClFN2O6S. The average molecular weight is 567 g/mol. The molecule has 0 heterocycles. The SMILES string of the molecule is CCOc1ccccc1CC(=O)NC(C(=O)N[C@@H](CC(=O)O)C(=O)CSCc1c(F)cccc1Cl)C(C)C. The number of Topliss-reactive ketones (excluding diaryl/α,β-unsaturated/α-hetero) is 1. The number of ether oxygens (including phenoxy) is 1. The highest BCUT2D eigenvalue weighted by Gasteiger charge is 2.30. The lowest BCUT2D eigenvalue weighted by Crippen LogP contribution is -2.54. The molecule has 0 radical (unpaired) electrons. The number of carboxylic acid groups (broad SMARTS) is 1. The Morgan fingerprint density at radius 1 is 1.08 bits per heavy atom. The van der Waals surface area contributed by atoms with Crippen LogP contribution >= 0.6 is 23.4 Å². The molecule has 38 heavy (non-hydrogen) atoms. The van der Waals surface area contributed by atoms with Gasteiger partial charge in [-0.2, -0.15) is 0 Å². The number of aliphatic carboxylic acids is 1. The van der Waals surface area contributed by atoms with E-state index in [0.29, 0.717) is 17.9 Å². The first kappa shape index (κ1) is 31.1. The molecule has 0 aromatic heterocycles. The molecule has 0 aliphatic carbocycles. The standard InChI is InChI=1S/C27H32ClFN2O6S/c1-4-37-23-11-6-5-8-17(23)12-24(33)31-26(16(2)3)27(36)30-21(13-25(34)35)22(32)15-38-14-18-19(28)9-7-10-20(18)29/h5-11,16,21,26H,4,12-15H2,1-3H3,(H,30,36)(H,31,33)(H,34,35)/t21-,26?/m0/s1. The Morgan fingerprint density at radius 3 is 2.42 bits per heavy atom. The van der Waals surface area contributed by atoms with E-state index >= 15 is 0 Å². The van der Waals surface area contributed by atoms with E-state index < -0.39 is 47.9 Å². The Kier molecular flexibility index (Phi) is 12.6. The van der Waals surface area contributed by atoms with Crippen molar-refractivity contribution in [1.82, 2.24) is 10.6 Å². The summed E-state index contributed by atoms with van der Waals surface area (Å²) in [5.74, 6) is -3.28. The van der Waals surface area contributed by atoms with Gasteiger partial charge in [0.2, 0.25) is 11.8 Å². The Balaban J connectivity index is 2.04. The maximum Gasteiger partial charge on any atom is 0.305 e. The average Bonchev–Trinajstić information content (AvgIpc) is 2.84. The van der Waals surface area contributed by atoms with Crippen LogP contribution in [0, 0.1) is 11.7 Å². The van der Waals surface area contributed by atoms with Gasteiger partial charge in [-0.05, 0) is 31.0 Å². The fourth-order valence-corrected chi connectivity index (χ4v) is 4.90. The zero-order chi connectivity index (χ0) is 28.2. The first-order valence-corrected chi connectivity index (χ1v) is 13.6. The van der Waals surface area contributed by atoms with E-state index in [2.05, 4.69) is 10.6 Å². The summed E-state index contributed by atoms with van der Waals surface area (Å²) in [5, 5.41) is 14.7. The molecule has 0 aliphatic rings. The van der Waals surface area contributed by atoms with Gasteiger partial charge in [0.25, 0.3) is 0 Å². The molecule has 8 nitrogen and oxygen atoms in total. The minimum atomic E-state index is -1.32. The second-order valence-electron chi connectivity index (χ2n) is 8.83. The number of rotatable bonds is 15. The Hall–Kier alpha value is -3.11. The van der Waals surface area contributed by atoms with Crippen molar-refractivity contribution in [2.75, 3.05) is 12.4 Å². The lowest BCUT2D eigenvalue weighted by atomic mass is 10.0. The third-order valence-electron chi connectivity index (χ3n) is 5.53. The largest absolute Gasteiger partial charge is 0.494 e. The van der Waals surface area contributed by atoms with Gasteiger partial charge in [-0.3, -0.25) is 19.2 Å². The number of halogens is 2. The number of carbonyl (C=O) groups is 4. The summed E-state index contributed by atoms with van der Waals surface area (Å²) in [6.45, 7) is 5.71. The molecule has 0 saturated heterocycles. The van der Waals surface area contributed by atoms with Gasteiger partial charge >= 0.3 is 5.97 Å². The molecule has 2 rings (SSSR count). The van der Waals surface area contributed by atoms with Crippen molar-refractivity contribution < 1.29 is 33.4 Å². The minimum absolute atomic E-state index is 0.0284. The molecule has 11 heteroatoms. The minimum Gasteiger partial charge on any atom is -0.494 e. The summed E-state index contributed by atoms with van der Waals surface area (Å²) in [6.07, 6.45) is -0.661. The van der Waals surface area contributed by atoms with Crippen LogP contribution < -0.4 is 15.4 Å². The van der Waals surface area contributed by atoms with Gasteiger partial charge in [0.15, 0.2) is 5.78 Å². The van der Waals surface area contributed by atoms with Crippen molar-refractivity contribution in [2.24, 2.45) is 5.92 Å². The lowest BCUT2D eigenvalue weighted by Gasteiger charge is -2.25. The molecule has 0 saturated carbocycles. The van der Waals surface area contributed by atoms with Crippen LogP contribution in [0.3, 0.4) is 0 Å². The number of nitrogens with one attached hydrogen (secondary N) is 2. The Morgan fingerprint density at radius 2 is 1.79 bits per heavy atom. The first-order chi connectivity index (χ1) is 18.0. The molecule has 2 amide bonds. The van der Waals surface area contributed by atoms with Crippen LogP contribution in [-0.4, -0.2) is 53.1 Å². The smallest absolute Gasteiger partial charge is 0.305 e. The van der Waals surface area contributed by atoms with Gasteiger partial charge in [-0.25, -0.2) is 4.39 Å². The molecule has 0 spiro atoms. The number of carboxylic acids is 1. The maximum atomic E-state index is 14.0. The molecule has 0 bridgehead atoms. The molecule has 0 aliphatic heterocycles. The summed E-state index contributed by atoms with van der Waals surface area (Å²) in [7, 11) is 0. The van der Waals surface area contributed by atoms with Gasteiger partial charge in [0.05, 0.1) is 31.2 Å². The maximum absolute atomic E-state index is 14.0. The van der Waals surface area contributed by atoms with Crippen molar-refractivity contribution in [3.63, 3.8) is 0 Å². The van der Waals surface area contributed by atoms with Crippen LogP contribution in [-0.2, 0) is 31.4 Å². The number of hydrogen-bond donors (Lipinski definition) is 3. The van der Waals surface area contributed by atoms with Gasteiger partial charge in [0, 0.05) is 21.9 Å². The Labute approximate surface area is 230 Å². The van der Waals surface area contributed by atoms with Crippen molar-refractivity contribution in [2.45, 2.75) is 51.4 Å². The number of thioether (sulfide) groups is 1. The van der Waals surface area contributed by atoms with Gasteiger partial charge in [-0.1, -0.05) is 49.7 Å². The zero-order valence-corrected chi connectivity index (χ0v) is 23.0. The second kappa shape index (κ2) is 15.3. The van der Waals surface area contributed by atoms with Crippen LogP contribution in [0.4, 0.5) is 4.39 Å². The lowest BCUT2D eigenvalue weighted by molar-refractivity contribution is -0.140. The second-order valence-corrected chi connectivity index (χ2v) is 10.2. The van der Waals surface area contributed by atoms with Crippen LogP contribution in [0.1, 0.15) is 38.3 Å². The Bertz CT molecular complexity index is 1130. The van der Waals surface area contributed by atoms with Crippen LogP contribution in [0.15, 0.2) is 42.5 Å². The summed E-state index contributed by atoms with van der Waals surface area (Å²) >= 11 is 7.07. The summed E-state index contributed by atoms with van der Waals surface area (Å²) in [6, 6.07) is 9.01. The predicted molar refractivity (Wildman–Crippen MR) is 145 cm³/mol. The molecule has 0 fully saturated rings. The zero-order valence-electron chi connectivity index (χ0n) is 21.5. The fraction of sp³-hybridized carbons (Fsp3) is 0.407. The molecule has 206 valence electrons. The molecule has 3 N–H and O–H groups in total. The normalized spacial score (nSPS) is 12.5. The number of carbonyl (C=O) groups excluding carboxylic acids is 3. The van der Waals surface area contributed by atoms with E-state index in [9.17, 15) is 28.7 Å². The molecule has 2 aromatic carbocycles. The fourth-order valence-electron chi connectivity index (χ4n) is 3.58. The molecule has 2 atom stereocenters. The topological polar surface area (TPSA) is 122 Å². The summed E-state index contributed by atoms with van der Waals surface area (Å²) in [4.78, 5) is 50.0. The third kappa shape index (κ3) is 9.64. The van der Waals surface area contributed by atoms with E-state index in [1.54, 1.807) is 38.1 Å². The van der Waals surface area contributed by atoms with Crippen LogP contribution in [0.25, 0.3) is 0 Å². The van der Waals surface area contributed by atoms with Gasteiger partial charge in [-0.15, -0.1) is 11.8 Å². The highest BCUT2D eigenvalue weighted by molar-refractivity contribution is 7.99. The van der Waals surface area contributed by atoms with Gasteiger partial charge in [0.1, 0.15) is 17.6 Å². The third-order valence-corrected chi connectivity index (χ3v) is 6.86. The van der Waals surface area contributed by atoms with Crippen LogP contribution in [0.5, 0.6) is 5.75 Å². The van der Waals surface area contributed by atoms with Gasteiger partial charge < -0.3 is 20.5 Å². The van der Waals surface area contributed by atoms with E-state index in [-0.39, 0.29) is 34.4 Å². The van der Waals surface area contributed by atoms with Crippen molar-refractivity contribution in [3.05, 3.63) is 64.4 Å². The van der Waals surface area contributed by atoms with E-state index in [1.807, 2.05) is 6.92 Å². The number of para-hydroxylation sites is 1. The van der Waals surface area contributed by atoms with Crippen molar-refractivity contribution in [3.8, 4) is 5.75 Å². The molecule has 2 aromatic rings. The highest BCUT2D eigenvalue weighted by Crippen LogP contribution is 2.24. The molecule has 1 unspecified atom stereocenters. The first-order valence-electron chi connectivity index (χ1n) is 12.1.